The van der Waals surface area contributed by atoms with Crippen LogP contribution in [0.2, 0.25) is 0 Å². The number of urea groups is 1. The summed E-state index contributed by atoms with van der Waals surface area (Å²) >= 11 is 0. The van der Waals surface area contributed by atoms with Gasteiger partial charge in [0.15, 0.2) is 11.2 Å². The molecule has 1 aliphatic heterocycles. The first-order valence-electron chi connectivity index (χ1n) is 3.38. The third-order valence-corrected chi connectivity index (χ3v) is 1.49. The summed E-state index contributed by atoms with van der Waals surface area (Å²) in [6.07, 6.45) is 0. The average Bonchev–Trinajstić information content (AvgIpc) is 2.42. The Hall–Kier alpha value is -2.11. The number of amides is 2. The molecule has 6 heteroatoms. The quantitative estimate of drug-likeness (QED) is 0.604. The van der Waals surface area contributed by atoms with Gasteiger partial charge in [0, 0.05) is 0 Å². The van der Waals surface area contributed by atoms with Crippen LogP contribution in [0.15, 0.2) is 22.1 Å². The number of hydrogen-bond acceptors (Lipinski definition) is 3. The normalized spacial score (nSPS) is 13.1. The van der Waals surface area contributed by atoms with Gasteiger partial charge in [-0.1, -0.05) is 0 Å². The molecule has 0 saturated heterocycles. The van der Waals surface area contributed by atoms with E-state index in [2.05, 4.69) is 15.0 Å². The predicted molar refractivity (Wildman–Crippen MR) is 38.9 cm³/mol. The van der Waals surface area contributed by atoms with E-state index >= 15 is 0 Å². The minimum absolute atomic E-state index is 0.0740. The van der Waals surface area contributed by atoms with Crippen LogP contribution in [0.4, 0.5) is 4.79 Å². The van der Waals surface area contributed by atoms with E-state index in [-0.39, 0.29) is 11.2 Å². The summed E-state index contributed by atoms with van der Waals surface area (Å²) in [5, 5.41) is 8.88. The van der Waals surface area contributed by atoms with Gasteiger partial charge in [-0.3, -0.25) is 0 Å². The molecular weight excluding hydrogens is 174 g/mol. The van der Waals surface area contributed by atoms with Crippen molar-refractivity contribution in [2.24, 2.45) is 9.98 Å². The topological polar surface area (TPSA) is 92.0 Å². The molecule has 1 aliphatic rings. The highest BCUT2D eigenvalue weighted by molar-refractivity contribution is 5.85. The lowest BCUT2D eigenvalue weighted by Crippen LogP contribution is -2.27. The molecule has 13 heavy (non-hydrogen) atoms. The van der Waals surface area contributed by atoms with Gasteiger partial charge < -0.3 is 5.11 Å². The zero-order chi connectivity index (χ0) is 9.42. The summed E-state index contributed by atoms with van der Waals surface area (Å²) in [6.45, 7) is 0. The molecule has 0 aromatic carbocycles. The molecule has 0 saturated carbocycles. The SMILES string of the molecule is O=C1N=c2ccc(C(=O)O)nc2=N1. The number of carbonyl (C=O) groups is 2. The first kappa shape index (κ1) is 7.53. The zero-order valence-electron chi connectivity index (χ0n) is 6.26. The largest absolute Gasteiger partial charge is 0.477 e. The van der Waals surface area contributed by atoms with Crippen LogP contribution >= 0.6 is 0 Å². The van der Waals surface area contributed by atoms with E-state index in [0.717, 1.165) is 0 Å². The van der Waals surface area contributed by atoms with Crippen LogP contribution in [0, 0.1) is 0 Å². The fourth-order valence-electron chi connectivity index (χ4n) is 0.948. The fourth-order valence-corrected chi connectivity index (χ4v) is 0.948. The molecule has 2 heterocycles. The lowest BCUT2D eigenvalue weighted by molar-refractivity contribution is 0.0690. The van der Waals surface area contributed by atoms with Gasteiger partial charge in [-0.25, -0.2) is 14.6 Å². The van der Waals surface area contributed by atoms with Crippen molar-refractivity contribution in [2.45, 2.75) is 0 Å². The zero-order valence-corrected chi connectivity index (χ0v) is 6.26. The Morgan fingerprint density at radius 3 is 2.77 bits per heavy atom. The number of carboxylic acids is 1. The van der Waals surface area contributed by atoms with Gasteiger partial charge in [0.1, 0.15) is 5.36 Å². The van der Waals surface area contributed by atoms with Gasteiger partial charge in [0.25, 0.3) is 0 Å². The van der Waals surface area contributed by atoms with Gasteiger partial charge in [-0.05, 0) is 12.1 Å². The van der Waals surface area contributed by atoms with Gasteiger partial charge in [0.2, 0.25) is 0 Å². The van der Waals surface area contributed by atoms with E-state index in [4.69, 9.17) is 5.11 Å². The lowest BCUT2D eigenvalue weighted by Gasteiger charge is -1.88. The monoisotopic (exact) mass is 177 g/mol. The number of carboxylic acid groups (broad SMARTS) is 1. The number of carbonyl (C=O) groups excluding carboxylic acids is 1. The molecule has 6 nitrogen and oxygen atoms in total. The van der Waals surface area contributed by atoms with E-state index in [1.54, 1.807) is 0 Å². The summed E-state index contributed by atoms with van der Waals surface area (Å²) in [5.74, 6) is -1.16. The van der Waals surface area contributed by atoms with Crippen LogP contribution in [0.1, 0.15) is 10.5 Å². The van der Waals surface area contributed by atoms with Crippen LogP contribution in [0.3, 0.4) is 0 Å². The molecule has 0 radical (unpaired) electrons. The van der Waals surface area contributed by atoms with E-state index in [9.17, 15) is 9.59 Å². The van der Waals surface area contributed by atoms with E-state index in [1.165, 1.54) is 12.1 Å². The van der Waals surface area contributed by atoms with Crippen LogP contribution in [-0.2, 0) is 0 Å². The van der Waals surface area contributed by atoms with E-state index in [0.29, 0.717) is 5.36 Å². The Bertz CT molecular complexity index is 520. The second kappa shape index (κ2) is 2.44. The van der Waals surface area contributed by atoms with Crippen LogP contribution < -0.4 is 10.8 Å². The maximum Gasteiger partial charge on any atom is 0.369 e. The first-order chi connectivity index (χ1) is 6.16. The van der Waals surface area contributed by atoms with Crippen molar-refractivity contribution >= 4 is 12.0 Å². The lowest BCUT2D eigenvalue weighted by atomic mass is 10.3. The second-order valence-corrected chi connectivity index (χ2v) is 2.35. The number of hydrogen-bond donors (Lipinski definition) is 1. The molecule has 0 spiro atoms. The molecule has 0 aliphatic carbocycles. The first-order valence-corrected chi connectivity index (χ1v) is 3.38. The number of aromatic nitrogens is 1. The predicted octanol–water partition coefficient (Wildman–Crippen LogP) is -0.847. The summed E-state index contributed by atoms with van der Waals surface area (Å²) in [5.41, 5.74) is -0.0719. The van der Waals surface area contributed by atoms with Gasteiger partial charge in [-0.15, -0.1) is 0 Å². The van der Waals surface area contributed by atoms with Crippen molar-refractivity contribution in [2.75, 3.05) is 0 Å². The van der Waals surface area contributed by atoms with E-state index < -0.39 is 12.0 Å². The smallest absolute Gasteiger partial charge is 0.369 e. The summed E-state index contributed by atoms with van der Waals surface area (Å²) in [4.78, 5) is 31.7. The minimum atomic E-state index is -1.16. The fraction of sp³-hybridized carbons (Fsp3) is 0. The standard InChI is InChI=1S/C7H3N3O3/c11-6(12)4-2-1-3-5(8-4)10-7(13)9-3/h1-2H,(H,11,12). The Kier molecular flexibility index (Phi) is 1.42. The maximum absolute atomic E-state index is 10.7. The Morgan fingerprint density at radius 2 is 2.08 bits per heavy atom. The number of nitrogens with zero attached hydrogens (tertiary/aromatic N) is 3. The molecule has 2 amide bonds. The average molecular weight is 177 g/mol. The third-order valence-electron chi connectivity index (χ3n) is 1.49. The number of aromatic carboxylic acids is 1. The molecule has 1 aromatic heterocycles. The Balaban J connectivity index is 2.73. The van der Waals surface area contributed by atoms with Gasteiger partial charge >= 0.3 is 12.0 Å². The highest BCUT2D eigenvalue weighted by Crippen LogP contribution is 1.89. The third kappa shape index (κ3) is 1.18. The number of rotatable bonds is 1. The minimum Gasteiger partial charge on any atom is -0.477 e. The van der Waals surface area contributed by atoms with Crippen molar-refractivity contribution < 1.29 is 14.7 Å². The van der Waals surface area contributed by atoms with Crippen LogP contribution in [0.5, 0.6) is 0 Å². The molecule has 2 rings (SSSR count). The highest BCUT2D eigenvalue weighted by atomic mass is 16.4. The number of fused-ring (bicyclic) bond motifs is 1. The molecule has 64 valence electrons. The number of pyridine rings is 1. The molecule has 0 atom stereocenters. The van der Waals surface area contributed by atoms with Gasteiger partial charge in [-0.2, -0.15) is 9.98 Å². The Labute approximate surface area is 71.3 Å². The molecule has 0 fully saturated rings. The van der Waals surface area contributed by atoms with Crippen molar-refractivity contribution in [3.63, 3.8) is 0 Å². The molecular formula is C7H3N3O3. The van der Waals surface area contributed by atoms with Crippen molar-refractivity contribution in [3.05, 3.63) is 28.7 Å². The summed E-state index contributed by atoms with van der Waals surface area (Å²) in [7, 11) is 0. The Morgan fingerprint density at radius 1 is 1.31 bits per heavy atom. The van der Waals surface area contributed by atoms with Crippen molar-refractivity contribution in [3.8, 4) is 0 Å². The van der Waals surface area contributed by atoms with Crippen LogP contribution in [0.25, 0.3) is 0 Å². The summed E-state index contributed by atoms with van der Waals surface area (Å²) in [6, 6.07) is 2.03. The van der Waals surface area contributed by atoms with Crippen molar-refractivity contribution in [1.29, 1.82) is 0 Å². The molecule has 1 N–H and O–H groups in total. The highest BCUT2D eigenvalue weighted by Gasteiger charge is 2.09. The molecule has 1 aromatic rings. The summed E-state index contributed by atoms with van der Waals surface area (Å²) < 4.78 is 0. The second-order valence-electron chi connectivity index (χ2n) is 2.35. The maximum atomic E-state index is 10.7. The van der Waals surface area contributed by atoms with E-state index in [1.807, 2.05) is 0 Å². The molecule has 0 bridgehead atoms. The van der Waals surface area contributed by atoms with Crippen molar-refractivity contribution in [1.82, 2.24) is 4.98 Å². The molecule has 0 unspecified atom stereocenters. The van der Waals surface area contributed by atoms with Gasteiger partial charge in [0.05, 0.1) is 0 Å². The van der Waals surface area contributed by atoms with Crippen LogP contribution in [-0.4, -0.2) is 22.1 Å².